The average Bonchev–Trinajstić information content (AvgIpc) is 3.10. The first kappa shape index (κ1) is 48.1. The molecule has 1 N–H and O–H groups in total. The molecular formula is C46H90O3. The summed E-state index contributed by atoms with van der Waals surface area (Å²) in [6.45, 7) is 11.1. The summed E-state index contributed by atoms with van der Waals surface area (Å²) in [5.74, 6) is -1.17. The molecule has 0 fully saturated rings. The van der Waals surface area contributed by atoms with Gasteiger partial charge in [-0.25, -0.2) is 0 Å². The molecule has 3 nitrogen and oxygen atoms in total. The van der Waals surface area contributed by atoms with E-state index < -0.39 is 17.3 Å². The number of carboxylic acid groups (broad SMARTS) is 1. The number of carboxylic acids is 1. The van der Waals surface area contributed by atoms with E-state index >= 15 is 0 Å². The van der Waals surface area contributed by atoms with Gasteiger partial charge in [0.15, 0.2) is 5.78 Å². The van der Waals surface area contributed by atoms with Crippen LogP contribution in [0.2, 0.25) is 0 Å². The highest BCUT2D eigenvalue weighted by Crippen LogP contribution is 2.41. The molecule has 0 saturated carbocycles. The van der Waals surface area contributed by atoms with E-state index in [1.165, 1.54) is 186 Å². The van der Waals surface area contributed by atoms with Gasteiger partial charge in [0, 0.05) is 5.41 Å². The molecule has 2 unspecified atom stereocenters. The molecule has 0 aliphatic rings. The molecule has 0 rings (SSSR count). The van der Waals surface area contributed by atoms with Gasteiger partial charge in [-0.05, 0) is 31.6 Å². The third kappa shape index (κ3) is 26.6. The second-order valence-corrected chi connectivity index (χ2v) is 16.2. The lowest BCUT2D eigenvalue weighted by molar-refractivity contribution is -0.151. The minimum atomic E-state index is -0.891. The molecular weight excluding hydrogens is 601 g/mol. The van der Waals surface area contributed by atoms with E-state index in [4.69, 9.17) is 0 Å². The van der Waals surface area contributed by atoms with Crippen molar-refractivity contribution in [3.05, 3.63) is 0 Å². The SMILES string of the molecule is CCCCCCCCCCCCCCCCCCC(C(=O)O)C(=O)C(CC)(CC)CC(CC)CCCCCCCCCCCCCCCC. The molecule has 0 radical (unpaired) electrons. The maximum Gasteiger partial charge on any atom is 0.314 e. The first-order valence-electron chi connectivity index (χ1n) is 22.7. The summed E-state index contributed by atoms with van der Waals surface area (Å²) in [6.07, 6.45) is 45.4. The number of carbonyl (C=O) groups is 2. The van der Waals surface area contributed by atoms with Crippen LogP contribution in [0.1, 0.15) is 266 Å². The molecule has 0 saturated heterocycles. The van der Waals surface area contributed by atoms with E-state index in [2.05, 4.69) is 34.6 Å². The Morgan fingerprint density at radius 3 is 0.980 bits per heavy atom. The quantitative estimate of drug-likeness (QED) is 0.0514. The Hall–Kier alpha value is -0.860. The van der Waals surface area contributed by atoms with Crippen LogP contribution in [0.4, 0.5) is 0 Å². The fraction of sp³-hybridized carbons (Fsp3) is 0.957. The van der Waals surface area contributed by atoms with Gasteiger partial charge in [0.1, 0.15) is 5.92 Å². The zero-order valence-corrected chi connectivity index (χ0v) is 34.4. The summed E-state index contributed by atoms with van der Waals surface area (Å²) in [7, 11) is 0. The Morgan fingerprint density at radius 1 is 0.429 bits per heavy atom. The van der Waals surface area contributed by atoms with Crippen molar-refractivity contribution in [1.82, 2.24) is 0 Å². The van der Waals surface area contributed by atoms with Crippen LogP contribution in [0.15, 0.2) is 0 Å². The Morgan fingerprint density at radius 2 is 0.714 bits per heavy atom. The Balaban J connectivity index is 4.26. The Bertz CT molecular complexity index is 711. The molecule has 0 aromatic heterocycles. The number of aliphatic carboxylic acids is 1. The first-order valence-corrected chi connectivity index (χ1v) is 22.7. The molecule has 292 valence electrons. The van der Waals surface area contributed by atoms with Crippen molar-refractivity contribution in [2.75, 3.05) is 0 Å². The zero-order chi connectivity index (χ0) is 36.3. The third-order valence-corrected chi connectivity index (χ3v) is 12.1. The maximum absolute atomic E-state index is 13.9. The molecule has 0 heterocycles. The molecule has 2 atom stereocenters. The molecule has 0 aliphatic carbocycles. The van der Waals surface area contributed by atoms with Gasteiger partial charge < -0.3 is 5.11 Å². The van der Waals surface area contributed by atoms with E-state index in [1.54, 1.807) is 0 Å². The summed E-state index contributed by atoms with van der Waals surface area (Å²) in [5.41, 5.74) is -0.477. The van der Waals surface area contributed by atoms with Gasteiger partial charge in [-0.3, -0.25) is 9.59 Å². The van der Waals surface area contributed by atoms with Gasteiger partial charge in [-0.2, -0.15) is 0 Å². The van der Waals surface area contributed by atoms with Gasteiger partial charge in [0.2, 0.25) is 0 Å². The van der Waals surface area contributed by atoms with Crippen molar-refractivity contribution in [3.63, 3.8) is 0 Å². The highest BCUT2D eigenvalue weighted by atomic mass is 16.4. The predicted octanol–water partition coefficient (Wildman–Crippen LogP) is 16.0. The van der Waals surface area contributed by atoms with Crippen LogP contribution >= 0.6 is 0 Å². The largest absolute Gasteiger partial charge is 0.481 e. The molecule has 0 aromatic carbocycles. The van der Waals surface area contributed by atoms with Crippen LogP contribution in [-0.4, -0.2) is 16.9 Å². The first-order chi connectivity index (χ1) is 23.9. The lowest BCUT2D eigenvalue weighted by Gasteiger charge is -2.36. The fourth-order valence-electron chi connectivity index (χ4n) is 8.25. The molecule has 0 aliphatic heterocycles. The summed E-state index contributed by atoms with van der Waals surface area (Å²) in [5, 5.41) is 10.1. The molecule has 0 bridgehead atoms. The van der Waals surface area contributed by atoms with Crippen LogP contribution in [0.5, 0.6) is 0 Å². The minimum Gasteiger partial charge on any atom is -0.481 e. The van der Waals surface area contributed by atoms with Crippen LogP contribution in [-0.2, 0) is 9.59 Å². The molecule has 0 spiro atoms. The number of hydrogen-bond acceptors (Lipinski definition) is 2. The van der Waals surface area contributed by atoms with Crippen LogP contribution in [0.3, 0.4) is 0 Å². The standard InChI is InChI=1S/C46H90O3/c1-6-11-13-15-17-19-21-23-25-26-28-30-32-34-36-38-40-43(45(48)49)44(47)46(9-4,10-5)41-42(8-3)39-37-35-33-31-29-27-24-22-20-18-16-14-12-7-2/h42-43H,6-41H2,1-5H3,(H,48,49). The highest BCUT2D eigenvalue weighted by molar-refractivity contribution is 6.01. The second kappa shape index (κ2) is 35.5. The number of unbranched alkanes of at least 4 members (excludes halogenated alkanes) is 28. The van der Waals surface area contributed by atoms with Gasteiger partial charge >= 0.3 is 5.97 Å². The number of hydrogen-bond donors (Lipinski definition) is 1. The van der Waals surface area contributed by atoms with Crippen LogP contribution in [0, 0.1) is 17.3 Å². The molecule has 3 heteroatoms. The Kier molecular flexibility index (Phi) is 34.9. The zero-order valence-electron chi connectivity index (χ0n) is 34.4. The monoisotopic (exact) mass is 691 g/mol. The molecule has 49 heavy (non-hydrogen) atoms. The lowest BCUT2D eigenvalue weighted by atomic mass is 9.67. The number of carbonyl (C=O) groups excluding carboxylic acids is 1. The molecule has 0 amide bonds. The normalized spacial score (nSPS) is 13.2. The van der Waals surface area contributed by atoms with Crippen molar-refractivity contribution in [3.8, 4) is 0 Å². The summed E-state index contributed by atoms with van der Waals surface area (Å²) in [6, 6.07) is 0. The lowest BCUT2D eigenvalue weighted by Crippen LogP contribution is -2.40. The highest BCUT2D eigenvalue weighted by Gasteiger charge is 2.42. The van der Waals surface area contributed by atoms with Crippen molar-refractivity contribution in [2.45, 2.75) is 266 Å². The van der Waals surface area contributed by atoms with Crippen LogP contribution < -0.4 is 0 Å². The van der Waals surface area contributed by atoms with Crippen molar-refractivity contribution < 1.29 is 14.7 Å². The van der Waals surface area contributed by atoms with E-state index in [0.29, 0.717) is 12.3 Å². The number of ketones is 1. The average molecular weight is 691 g/mol. The van der Waals surface area contributed by atoms with Gasteiger partial charge in [-0.15, -0.1) is 0 Å². The third-order valence-electron chi connectivity index (χ3n) is 12.1. The minimum absolute atomic E-state index is 0.0327. The van der Waals surface area contributed by atoms with Crippen LogP contribution in [0.25, 0.3) is 0 Å². The summed E-state index contributed by atoms with van der Waals surface area (Å²) < 4.78 is 0. The van der Waals surface area contributed by atoms with Gasteiger partial charge in [-0.1, -0.05) is 240 Å². The summed E-state index contributed by atoms with van der Waals surface area (Å²) in [4.78, 5) is 26.3. The summed E-state index contributed by atoms with van der Waals surface area (Å²) >= 11 is 0. The van der Waals surface area contributed by atoms with E-state index in [-0.39, 0.29) is 5.78 Å². The van der Waals surface area contributed by atoms with Crippen molar-refractivity contribution in [2.24, 2.45) is 17.3 Å². The second-order valence-electron chi connectivity index (χ2n) is 16.2. The van der Waals surface area contributed by atoms with E-state index in [0.717, 1.165) is 38.5 Å². The number of rotatable bonds is 40. The molecule has 0 aromatic rings. The fourth-order valence-corrected chi connectivity index (χ4v) is 8.25. The number of Topliss-reactive ketones (excluding diaryl/α,β-unsaturated/α-hetero) is 1. The van der Waals surface area contributed by atoms with Gasteiger partial charge in [0.25, 0.3) is 0 Å². The topological polar surface area (TPSA) is 54.4 Å². The van der Waals surface area contributed by atoms with E-state index in [1.807, 2.05) is 0 Å². The predicted molar refractivity (Wildman–Crippen MR) is 217 cm³/mol. The van der Waals surface area contributed by atoms with Gasteiger partial charge in [0.05, 0.1) is 0 Å². The Labute approximate surface area is 308 Å². The maximum atomic E-state index is 13.9. The smallest absolute Gasteiger partial charge is 0.314 e. The van der Waals surface area contributed by atoms with E-state index in [9.17, 15) is 14.7 Å². The van der Waals surface area contributed by atoms with Crippen molar-refractivity contribution >= 4 is 11.8 Å². The van der Waals surface area contributed by atoms with Crippen molar-refractivity contribution in [1.29, 1.82) is 0 Å².